The number of hydrogen-bond donors (Lipinski definition) is 2. The summed E-state index contributed by atoms with van der Waals surface area (Å²) in [6.45, 7) is 0.784. The molecule has 2 rings (SSSR count). The summed E-state index contributed by atoms with van der Waals surface area (Å²) in [7, 11) is 4.15. The maximum Gasteiger partial charge on any atom is 0.371 e. The van der Waals surface area contributed by atoms with Crippen LogP contribution in [0, 0.1) is 0 Å². The lowest BCUT2D eigenvalue weighted by molar-refractivity contribution is 0.0661. The molecule has 0 aliphatic heterocycles. The fourth-order valence-electron chi connectivity index (χ4n) is 2.17. The Morgan fingerprint density at radius 2 is 2.24 bits per heavy atom. The van der Waals surface area contributed by atoms with Gasteiger partial charge in [-0.25, -0.2) is 4.79 Å². The van der Waals surface area contributed by atoms with Crippen molar-refractivity contribution in [3.05, 3.63) is 17.9 Å². The third kappa shape index (κ3) is 2.29. The maximum atomic E-state index is 10.7. The van der Waals surface area contributed by atoms with E-state index >= 15 is 0 Å². The van der Waals surface area contributed by atoms with Gasteiger partial charge in [0.15, 0.2) is 5.88 Å². The van der Waals surface area contributed by atoms with Crippen LogP contribution in [0.2, 0.25) is 0 Å². The van der Waals surface area contributed by atoms with E-state index in [9.17, 15) is 4.79 Å². The van der Waals surface area contributed by atoms with Crippen LogP contribution in [-0.4, -0.2) is 42.2 Å². The van der Waals surface area contributed by atoms with Gasteiger partial charge in [0.2, 0.25) is 5.76 Å². The van der Waals surface area contributed by atoms with Crippen molar-refractivity contribution in [2.75, 3.05) is 26.0 Å². The van der Waals surface area contributed by atoms with Crippen molar-refractivity contribution >= 4 is 11.9 Å². The predicted molar refractivity (Wildman–Crippen MR) is 64.4 cm³/mol. The number of aromatic carboxylic acids is 1. The second-order valence-corrected chi connectivity index (χ2v) is 4.79. The zero-order chi connectivity index (χ0) is 12.5. The quantitative estimate of drug-likeness (QED) is 0.819. The molecule has 1 saturated carbocycles. The molecule has 0 spiro atoms. The summed E-state index contributed by atoms with van der Waals surface area (Å²) in [5, 5.41) is 11.9. The van der Waals surface area contributed by atoms with Crippen molar-refractivity contribution in [3.8, 4) is 0 Å². The highest BCUT2D eigenvalue weighted by Gasteiger charge is 2.38. The number of anilines is 1. The average Bonchev–Trinajstić information content (AvgIpc) is 2.64. The number of carboxylic acid groups (broad SMARTS) is 1. The molecule has 0 saturated heterocycles. The highest BCUT2D eigenvalue weighted by atomic mass is 16.4. The van der Waals surface area contributed by atoms with Crippen LogP contribution < -0.4 is 5.32 Å². The minimum Gasteiger partial charge on any atom is -0.475 e. The minimum absolute atomic E-state index is 0.0278. The zero-order valence-corrected chi connectivity index (χ0v) is 10.2. The molecule has 1 heterocycles. The Kier molecular flexibility index (Phi) is 3.11. The van der Waals surface area contributed by atoms with E-state index in [0.717, 1.165) is 6.54 Å². The highest BCUT2D eigenvalue weighted by Crippen LogP contribution is 2.36. The monoisotopic (exact) mass is 238 g/mol. The van der Waals surface area contributed by atoms with E-state index in [1.807, 2.05) is 0 Å². The molecule has 1 aliphatic carbocycles. The van der Waals surface area contributed by atoms with Crippen molar-refractivity contribution in [2.45, 2.75) is 24.8 Å². The van der Waals surface area contributed by atoms with Crippen molar-refractivity contribution in [1.82, 2.24) is 4.90 Å². The SMILES string of the molecule is CN(C)C1(CNc2ccc(C(=O)O)o2)CCC1. The Labute approximate surface area is 100 Å². The normalized spacial score (nSPS) is 17.8. The van der Waals surface area contributed by atoms with E-state index < -0.39 is 5.97 Å². The summed E-state index contributed by atoms with van der Waals surface area (Å²) in [4.78, 5) is 12.9. The molecule has 1 aliphatic rings. The van der Waals surface area contributed by atoms with E-state index in [2.05, 4.69) is 24.3 Å². The van der Waals surface area contributed by atoms with Crippen LogP contribution >= 0.6 is 0 Å². The number of carboxylic acids is 1. The third-order valence-corrected chi connectivity index (χ3v) is 3.64. The predicted octanol–water partition coefficient (Wildman–Crippen LogP) is 1.87. The van der Waals surface area contributed by atoms with Gasteiger partial charge in [-0.3, -0.25) is 0 Å². The number of hydrogen-bond acceptors (Lipinski definition) is 4. The van der Waals surface area contributed by atoms with E-state index in [-0.39, 0.29) is 11.3 Å². The van der Waals surface area contributed by atoms with E-state index in [1.54, 1.807) is 6.07 Å². The first kappa shape index (κ1) is 12.0. The summed E-state index contributed by atoms with van der Waals surface area (Å²) >= 11 is 0. The summed E-state index contributed by atoms with van der Waals surface area (Å²) in [6, 6.07) is 3.12. The van der Waals surface area contributed by atoms with Crippen LogP contribution in [0.25, 0.3) is 0 Å². The largest absolute Gasteiger partial charge is 0.475 e. The number of nitrogens with zero attached hydrogens (tertiary/aromatic N) is 1. The second-order valence-electron chi connectivity index (χ2n) is 4.79. The summed E-state index contributed by atoms with van der Waals surface area (Å²) in [6.07, 6.45) is 3.58. The van der Waals surface area contributed by atoms with Gasteiger partial charge in [-0.15, -0.1) is 0 Å². The molecule has 5 nitrogen and oxygen atoms in total. The lowest BCUT2D eigenvalue weighted by Gasteiger charge is -2.47. The first-order valence-corrected chi connectivity index (χ1v) is 5.78. The second kappa shape index (κ2) is 4.41. The van der Waals surface area contributed by atoms with E-state index in [4.69, 9.17) is 9.52 Å². The number of likely N-dealkylation sites (N-methyl/N-ethyl adjacent to an activating group) is 1. The Morgan fingerprint density at radius 3 is 2.65 bits per heavy atom. The molecular formula is C12H18N2O3. The summed E-state index contributed by atoms with van der Waals surface area (Å²) < 4.78 is 5.16. The molecular weight excluding hydrogens is 220 g/mol. The molecule has 0 amide bonds. The van der Waals surface area contributed by atoms with E-state index in [0.29, 0.717) is 5.88 Å². The van der Waals surface area contributed by atoms with Gasteiger partial charge in [0.1, 0.15) is 0 Å². The summed E-state index contributed by atoms with van der Waals surface area (Å²) in [5.41, 5.74) is 0.191. The molecule has 0 aromatic carbocycles. The smallest absolute Gasteiger partial charge is 0.371 e. The van der Waals surface area contributed by atoms with Gasteiger partial charge >= 0.3 is 5.97 Å². The maximum absolute atomic E-state index is 10.7. The molecule has 1 aromatic rings. The lowest BCUT2D eigenvalue weighted by atomic mass is 9.75. The van der Waals surface area contributed by atoms with Gasteiger partial charge < -0.3 is 19.7 Å². The fraction of sp³-hybridized carbons (Fsp3) is 0.583. The van der Waals surface area contributed by atoms with Gasteiger partial charge in [0.25, 0.3) is 0 Å². The van der Waals surface area contributed by atoms with Gasteiger partial charge in [0.05, 0.1) is 0 Å². The molecule has 5 heteroatoms. The van der Waals surface area contributed by atoms with Crippen molar-refractivity contribution < 1.29 is 14.3 Å². The fourth-order valence-corrected chi connectivity index (χ4v) is 2.17. The molecule has 1 fully saturated rings. The number of carbonyl (C=O) groups is 1. The molecule has 94 valence electrons. The van der Waals surface area contributed by atoms with Crippen molar-refractivity contribution in [2.24, 2.45) is 0 Å². The minimum atomic E-state index is -1.04. The summed E-state index contributed by atoms with van der Waals surface area (Å²) in [5.74, 6) is -0.542. The number of rotatable bonds is 5. The third-order valence-electron chi connectivity index (χ3n) is 3.64. The Bertz CT molecular complexity index is 408. The van der Waals surface area contributed by atoms with Crippen molar-refractivity contribution in [3.63, 3.8) is 0 Å². The molecule has 0 atom stereocenters. The zero-order valence-electron chi connectivity index (χ0n) is 10.2. The molecule has 2 N–H and O–H groups in total. The molecule has 1 aromatic heterocycles. The van der Waals surface area contributed by atoms with Gasteiger partial charge in [-0.2, -0.15) is 0 Å². The lowest BCUT2D eigenvalue weighted by Crippen LogP contribution is -2.54. The van der Waals surface area contributed by atoms with Crippen LogP contribution in [0.5, 0.6) is 0 Å². The van der Waals surface area contributed by atoms with Gasteiger partial charge in [-0.1, -0.05) is 0 Å². The first-order valence-electron chi connectivity index (χ1n) is 5.78. The first-order chi connectivity index (χ1) is 8.03. The average molecular weight is 238 g/mol. The number of furan rings is 1. The van der Waals surface area contributed by atoms with Gasteiger partial charge in [-0.05, 0) is 39.4 Å². The molecule has 17 heavy (non-hydrogen) atoms. The van der Waals surface area contributed by atoms with Crippen LogP contribution in [0.1, 0.15) is 29.8 Å². The number of nitrogens with one attached hydrogen (secondary N) is 1. The Morgan fingerprint density at radius 1 is 1.53 bits per heavy atom. The van der Waals surface area contributed by atoms with Crippen LogP contribution in [0.3, 0.4) is 0 Å². The molecule has 0 radical (unpaired) electrons. The molecule has 0 bridgehead atoms. The van der Waals surface area contributed by atoms with Crippen LogP contribution in [0.4, 0.5) is 5.88 Å². The van der Waals surface area contributed by atoms with Crippen molar-refractivity contribution in [1.29, 1.82) is 0 Å². The highest BCUT2D eigenvalue weighted by molar-refractivity contribution is 5.84. The standard InChI is InChI=1S/C12H18N2O3/c1-14(2)12(6-3-7-12)8-13-10-5-4-9(17-10)11(15)16/h4-5,13H,3,6-8H2,1-2H3,(H,15,16). The van der Waals surface area contributed by atoms with Crippen LogP contribution in [0.15, 0.2) is 16.5 Å². The van der Waals surface area contributed by atoms with Gasteiger partial charge in [0, 0.05) is 18.2 Å². The molecule has 0 unspecified atom stereocenters. The van der Waals surface area contributed by atoms with E-state index in [1.165, 1.54) is 25.3 Å². The Hall–Kier alpha value is -1.49. The van der Waals surface area contributed by atoms with Crippen LogP contribution in [-0.2, 0) is 0 Å². The topological polar surface area (TPSA) is 65.7 Å². The Balaban J connectivity index is 1.95.